The molecule has 6 nitrogen and oxygen atoms in total. The van der Waals surface area contributed by atoms with Gasteiger partial charge < -0.3 is 10.6 Å². The third-order valence-electron chi connectivity index (χ3n) is 2.69. The number of amides is 1. The molecular formula is C14H21N3O3. The van der Waals surface area contributed by atoms with Gasteiger partial charge in [0.15, 0.2) is 0 Å². The van der Waals surface area contributed by atoms with E-state index in [1.54, 1.807) is 12.1 Å². The summed E-state index contributed by atoms with van der Waals surface area (Å²) in [5, 5.41) is 16.8. The lowest BCUT2D eigenvalue weighted by atomic mass is 10.1. The van der Waals surface area contributed by atoms with Crippen LogP contribution in [-0.2, 0) is 0 Å². The fourth-order valence-electron chi connectivity index (χ4n) is 1.63. The van der Waals surface area contributed by atoms with Crippen molar-refractivity contribution < 1.29 is 9.72 Å². The molecule has 0 saturated heterocycles. The topological polar surface area (TPSA) is 84.3 Å². The van der Waals surface area contributed by atoms with E-state index in [4.69, 9.17) is 0 Å². The lowest BCUT2D eigenvalue weighted by molar-refractivity contribution is -0.384. The largest absolute Gasteiger partial charge is 0.380 e. The first kappa shape index (κ1) is 15.9. The molecule has 0 heterocycles. The van der Waals surface area contributed by atoms with E-state index < -0.39 is 4.92 Å². The van der Waals surface area contributed by atoms with Crippen molar-refractivity contribution in [3.05, 3.63) is 33.9 Å². The van der Waals surface area contributed by atoms with Crippen LogP contribution in [0.25, 0.3) is 0 Å². The first-order valence-electron chi connectivity index (χ1n) is 6.76. The highest BCUT2D eigenvalue weighted by molar-refractivity contribution is 5.95. The second-order valence-electron chi connectivity index (χ2n) is 5.02. The summed E-state index contributed by atoms with van der Waals surface area (Å²) in [4.78, 5) is 22.5. The number of carbonyl (C=O) groups excluding carboxylic acids is 1. The average Bonchev–Trinajstić information content (AvgIpc) is 2.42. The van der Waals surface area contributed by atoms with Crippen molar-refractivity contribution in [1.29, 1.82) is 0 Å². The highest BCUT2D eigenvalue weighted by Gasteiger charge is 2.17. The number of benzene rings is 1. The van der Waals surface area contributed by atoms with Crippen molar-refractivity contribution in [1.82, 2.24) is 5.32 Å². The van der Waals surface area contributed by atoms with Crippen LogP contribution in [0.4, 0.5) is 11.4 Å². The van der Waals surface area contributed by atoms with Crippen molar-refractivity contribution in [2.45, 2.75) is 27.2 Å². The van der Waals surface area contributed by atoms with Gasteiger partial charge in [0.25, 0.3) is 11.6 Å². The summed E-state index contributed by atoms with van der Waals surface area (Å²) in [6.07, 6.45) is 0.869. The van der Waals surface area contributed by atoms with E-state index in [-0.39, 0.29) is 11.6 Å². The van der Waals surface area contributed by atoms with Gasteiger partial charge in [0.1, 0.15) is 5.69 Å². The first-order valence-corrected chi connectivity index (χ1v) is 6.76. The van der Waals surface area contributed by atoms with Crippen molar-refractivity contribution in [2.24, 2.45) is 5.92 Å². The van der Waals surface area contributed by atoms with E-state index in [0.29, 0.717) is 30.3 Å². The quantitative estimate of drug-likeness (QED) is 0.593. The highest BCUT2D eigenvalue weighted by Crippen LogP contribution is 2.25. The molecule has 1 amide bonds. The molecule has 2 N–H and O–H groups in total. The van der Waals surface area contributed by atoms with Gasteiger partial charge >= 0.3 is 0 Å². The number of nitro groups is 1. The fourth-order valence-corrected chi connectivity index (χ4v) is 1.63. The molecule has 1 aromatic rings. The molecular weight excluding hydrogens is 258 g/mol. The van der Waals surface area contributed by atoms with Crippen LogP contribution < -0.4 is 10.6 Å². The van der Waals surface area contributed by atoms with Crippen LogP contribution in [0.1, 0.15) is 37.6 Å². The fraction of sp³-hybridized carbons (Fsp3) is 0.500. The molecule has 0 atom stereocenters. The number of carbonyl (C=O) groups is 1. The van der Waals surface area contributed by atoms with Gasteiger partial charge in [-0.3, -0.25) is 14.9 Å². The van der Waals surface area contributed by atoms with Crippen LogP contribution in [-0.4, -0.2) is 23.9 Å². The van der Waals surface area contributed by atoms with Crippen LogP contribution in [0, 0.1) is 16.0 Å². The molecule has 0 aromatic heterocycles. The Morgan fingerprint density at radius 2 is 2.10 bits per heavy atom. The Balaban J connectivity index is 2.92. The van der Waals surface area contributed by atoms with Crippen LogP contribution in [0.2, 0.25) is 0 Å². The second-order valence-corrected chi connectivity index (χ2v) is 5.02. The van der Waals surface area contributed by atoms with E-state index in [0.717, 1.165) is 6.42 Å². The zero-order valence-corrected chi connectivity index (χ0v) is 12.1. The number of nitrogens with zero attached hydrogens (tertiary/aromatic N) is 1. The van der Waals surface area contributed by atoms with Crippen molar-refractivity contribution in [3.63, 3.8) is 0 Å². The standard InChI is InChI=1S/C14H21N3O3/c1-4-7-15-12-6-5-11(8-13(12)17(19)20)14(18)16-9-10(2)3/h5-6,8,10,15H,4,7,9H2,1-3H3,(H,16,18). The molecule has 0 fully saturated rings. The van der Waals surface area contributed by atoms with Crippen molar-refractivity contribution in [2.75, 3.05) is 18.4 Å². The third-order valence-corrected chi connectivity index (χ3v) is 2.69. The molecule has 110 valence electrons. The summed E-state index contributed by atoms with van der Waals surface area (Å²) in [6.45, 7) is 7.15. The predicted octanol–water partition coefficient (Wildman–Crippen LogP) is 2.80. The monoisotopic (exact) mass is 279 g/mol. The molecule has 0 aliphatic rings. The Labute approximate surface area is 118 Å². The Hall–Kier alpha value is -2.11. The van der Waals surface area contributed by atoms with Gasteiger partial charge in [-0.1, -0.05) is 20.8 Å². The van der Waals surface area contributed by atoms with E-state index in [1.165, 1.54) is 6.07 Å². The van der Waals surface area contributed by atoms with E-state index in [2.05, 4.69) is 10.6 Å². The Morgan fingerprint density at radius 3 is 2.65 bits per heavy atom. The molecule has 1 rings (SSSR count). The molecule has 0 unspecified atom stereocenters. The summed E-state index contributed by atoms with van der Waals surface area (Å²) in [5.74, 6) is 0.0447. The lowest BCUT2D eigenvalue weighted by Crippen LogP contribution is -2.27. The number of nitro benzene ring substituents is 1. The lowest BCUT2D eigenvalue weighted by Gasteiger charge is -2.09. The predicted molar refractivity (Wildman–Crippen MR) is 79.0 cm³/mol. The zero-order valence-electron chi connectivity index (χ0n) is 12.1. The Bertz CT molecular complexity index is 487. The SMILES string of the molecule is CCCNc1ccc(C(=O)NCC(C)C)cc1[N+](=O)[O-]. The smallest absolute Gasteiger partial charge is 0.293 e. The molecule has 6 heteroatoms. The third kappa shape index (κ3) is 4.53. The normalized spacial score (nSPS) is 10.4. The summed E-state index contributed by atoms with van der Waals surface area (Å²) >= 11 is 0. The van der Waals surface area contributed by atoms with Gasteiger partial charge in [-0.05, 0) is 24.5 Å². The van der Waals surface area contributed by atoms with E-state index in [1.807, 2.05) is 20.8 Å². The van der Waals surface area contributed by atoms with Crippen LogP contribution in [0.5, 0.6) is 0 Å². The molecule has 20 heavy (non-hydrogen) atoms. The Morgan fingerprint density at radius 1 is 1.40 bits per heavy atom. The first-order chi connectivity index (χ1) is 9.45. The van der Waals surface area contributed by atoms with Crippen LogP contribution in [0.15, 0.2) is 18.2 Å². The maximum absolute atomic E-state index is 11.9. The summed E-state index contributed by atoms with van der Waals surface area (Å²) in [7, 11) is 0. The minimum Gasteiger partial charge on any atom is -0.380 e. The maximum Gasteiger partial charge on any atom is 0.293 e. The number of anilines is 1. The number of hydrogen-bond donors (Lipinski definition) is 2. The van der Waals surface area contributed by atoms with Crippen LogP contribution in [0.3, 0.4) is 0 Å². The summed E-state index contributed by atoms with van der Waals surface area (Å²) < 4.78 is 0. The van der Waals surface area contributed by atoms with Gasteiger partial charge in [-0.15, -0.1) is 0 Å². The Kier molecular flexibility index (Phi) is 5.96. The zero-order chi connectivity index (χ0) is 15.1. The minimum absolute atomic E-state index is 0.0735. The average molecular weight is 279 g/mol. The summed E-state index contributed by atoms with van der Waals surface area (Å²) in [6, 6.07) is 4.49. The van der Waals surface area contributed by atoms with Gasteiger partial charge in [0.05, 0.1) is 4.92 Å². The number of rotatable bonds is 7. The van der Waals surface area contributed by atoms with E-state index in [9.17, 15) is 14.9 Å². The second kappa shape index (κ2) is 7.47. The highest BCUT2D eigenvalue weighted by atomic mass is 16.6. The van der Waals surface area contributed by atoms with Gasteiger partial charge in [-0.2, -0.15) is 0 Å². The summed E-state index contributed by atoms with van der Waals surface area (Å²) in [5.41, 5.74) is 0.673. The van der Waals surface area contributed by atoms with Crippen molar-refractivity contribution in [3.8, 4) is 0 Å². The molecule has 1 aromatic carbocycles. The van der Waals surface area contributed by atoms with Crippen LogP contribution >= 0.6 is 0 Å². The van der Waals surface area contributed by atoms with Gasteiger partial charge in [0.2, 0.25) is 0 Å². The molecule has 0 aliphatic carbocycles. The molecule has 0 aliphatic heterocycles. The van der Waals surface area contributed by atoms with Crippen molar-refractivity contribution >= 4 is 17.3 Å². The van der Waals surface area contributed by atoms with Gasteiger partial charge in [0, 0.05) is 24.7 Å². The molecule has 0 bridgehead atoms. The minimum atomic E-state index is -0.475. The molecule has 0 saturated carbocycles. The maximum atomic E-state index is 11.9. The molecule has 0 spiro atoms. The van der Waals surface area contributed by atoms with E-state index >= 15 is 0 Å². The molecule has 0 radical (unpaired) electrons. The number of nitrogens with one attached hydrogen (secondary N) is 2. The number of hydrogen-bond acceptors (Lipinski definition) is 4. The van der Waals surface area contributed by atoms with Gasteiger partial charge in [-0.25, -0.2) is 0 Å².